The maximum Gasteiger partial charge on any atom is 0.410 e. The van der Waals surface area contributed by atoms with E-state index in [1.807, 2.05) is 39.1 Å². The quantitative estimate of drug-likeness (QED) is 0.627. The number of carbonyl (C=O) groups is 2. The lowest BCUT2D eigenvalue weighted by molar-refractivity contribution is 0.0144. The first kappa shape index (κ1) is 23.3. The van der Waals surface area contributed by atoms with Gasteiger partial charge in [-0.1, -0.05) is 0 Å². The maximum absolute atomic E-state index is 12.4. The Bertz CT molecular complexity index is 883. The molecule has 1 fully saturated rings. The minimum Gasteiger partial charge on any atom is -0.444 e. The molecule has 3 rings (SSSR count). The Labute approximate surface area is 191 Å². The normalized spacial score (nSPS) is 15.0. The summed E-state index contributed by atoms with van der Waals surface area (Å²) in [6.07, 6.45) is 4.20. The minimum atomic E-state index is -0.469. The van der Waals surface area contributed by atoms with Gasteiger partial charge in [0.05, 0.1) is 16.4 Å². The van der Waals surface area contributed by atoms with E-state index in [1.54, 1.807) is 27.9 Å². The van der Waals surface area contributed by atoms with Crippen LogP contribution in [0.15, 0.2) is 41.1 Å². The second-order valence-corrected chi connectivity index (χ2v) is 9.48. The number of halogens is 1. The fraction of sp³-hybridized carbons (Fsp3) is 0.500. The molecule has 1 N–H and O–H groups in total. The van der Waals surface area contributed by atoms with Gasteiger partial charge < -0.3 is 15.0 Å². The second-order valence-electron chi connectivity index (χ2n) is 8.57. The predicted molar refractivity (Wildman–Crippen MR) is 122 cm³/mol. The SMILES string of the molecule is CC(C)(C)OC(=O)N1CCN(CCCNC(=O)c2ccc(-n3cc(Br)cn3)cc2)CC1. The van der Waals surface area contributed by atoms with Crippen molar-refractivity contribution >= 4 is 27.9 Å². The maximum atomic E-state index is 12.4. The van der Waals surface area contributed by atoms with Crippen LogP contribution in [0.4, 0.5) is 4.79 Å². The van der Waals surface area contributed by atoms with Gasteiger partial charge >= 0.3 is 6.09 Å². The Balaban J connectivity index is 1.35. The molecule has 1 aliphatic rings. The molecule has 0 unspecified atom stereocenters. The van der Waals surface area contributed by atoms with Crippen LogP contribution in [0.1, 0.15) is 37.6 Å². The molecule has 168 valence electrons. The van der Waals surface area contributed by atoms with Crippen molar-refractivity contribution in [2.75, 3.05) is 39.3 Å². The van der Waals surface area contributed by atoms with Crippen LogP contribution >= 0.6 is 15.9 Å². The molecule has 1 aromatic carbocycles. The molecular weight excluding hydrogens is 462 g/mol. The Morgan fingerprint density at radius 1 is 1.13 bits per heavy atom. The molecule has 0 bridgehead atoms. The molecule has 1 aromatic heterocycles. The Kier molecular flexibility index (Phi) is 7.72. The van der Waals surface area contributed by atoms with Crippen molar-refractivity contribution in [2.45, 2.75) is 32.8 Å². The zero-order valence-electron chi connectivity index (χ0n) is 18.3. The van der Waals surface area contributed by atoms with E-state index in [0.29, 0.717) is 25.2 Å². The lowest BCUT2D eigenvalue weighted by atomic mass is 10.2. The van der Waals surface area contributed by atoms with Gasteiger partial charge in [-0.05, 0) is 73.9 Å². The van der Waals surface area contributed by atoms with Gasteiger partial charge in [-0.25, -0.2) is 9.48 Å². The first-order valence-electron chi connectivity index (χ1n) is 10.5. The van der Waals surface area contributed by atoms with Crippen LogP contribution in [0.5, 0.6) is 0 Å². The van der Waals surface area contributed by atoms with Gasteiger partial charge in [0.25, 0.3) is 5.91 Å². The lowest BCUT2D eigenvalue weighted by Crippen LogP contribution is -2.50. The second kappa shape index (κ2) is 10.3. The average Bonchev–Trinajstić information content (AvgIpc) is 3.16. The Hall–Kier alpha value is -2.39. The number of carbonyl (C=O) groups excluding carboxylic acids is 2. The molecule has 31 heavy (non-hydrogen) atoms. The third-order valence-electron chi connectivity index (χ3n) is 4.91. The van der Waals surface area contributed by atoms with E-state index in [2.05, 4.69) is 31.2 Å². The summed E-state index contributed by atoms with van der Waals surface area (Å²) in [5, 5.41) is 7.21. The number of benzene rings is 1. The van der Waals surface area contributed by atoms with Crippen LogP contribution in [0, 0.1) is 0 Å². The van der Waals surface area contributed by atoms with Crippen molar-refractivity contribution in [3.8, 4) is 5.69 Å². The minimum absolute atomic E-state index is 0.0806. The lowest BCUT2D eigenvalue weighted by Gasteiger charge is -2.35. The zero-order chi connectivity index (χ0) is 22.4. The molecular formula is C22H30BrN5O3. The monoisotopic (exact) mass is 491 g/mol. The summed E-state index contributed by atoms with van der Waals surface area (Å²) in [5.74, 6) is -0.0806. The molecule has 0 saturated carbocycles. The number of ether oxygens (including phenoxy) is 1. The zero-order valence-corrected chi connectivity index (χ0v) is 19.9. The van der Waals surface area contributed by atoms with E-state index < -0.39 is 5.60 Å². The summed E-state index contributed by atoms with van der Waals surface area (Å²) >= 11 is 3.38. The number of hydrogen-bond acceptors (Lipinski definition) is 5. The van der Waals surface area contributed by atoms with Crippen molar-refractivity contribution < 1.29 is 14.3 Å². The molecule has 0 aliphatic carbocycles. The number of nitrogens with zero attached hydrogens (tertiary/aromatic N) is 4. The third-order valence-corrected chi connectivity index (χ3v) is 5.32. The summed E-state index contributed by atoms with van der Waals surface area (Å²) in [4.78, 5) is 28.6. The number of aromatic nitrogens is 2. The third kappa shape index (κ3) is 7.07. The largest absolute Gasteiger partial charge is 0.444 e. The van der Waals surface area contributed by atoms with E-state index >= 15 is 0 Å². The summed E-state index contributed by atoms with van der Waals surface area (Å²) in [6, 6.07) is 7.35. The highest BCUT2D eigenvalue weighted by Gasteiger charge is 2.25. The number of nitrogens with one attached hydrogen (secondary N) is 1. The van der Waals surface area contributed by atoms with Crippen molar-refractivity contribution in [3.05, 3.63) is 46.7 Å². The summed E-state index contributed by atoms with van der Waals surface area (Å²) in [5.41, 5.74) is 1.05. The van der Waals surface area contributed by atoms with Gasteiger partial charge in [-0.2, -0.15) is 5.10 Å². The van der Waals surface area contributed by atoms with Crippen LogP contribution in [-0.4, -0.2) is 76.5 Å². The van der Waals surface area contributed by atoms with E-state index in [4.69, 9.17) is 4.74 Å². The number of piperazine rings is 1. The van der Waals surface area contributed by atoms with E-state index in [0.717, 1.165) is 36.2 Å². The summed E-state index contributed by atoms with van der Waals surface area (Å²) < 4.78 is 8.07. The van der Waals surface area contributed by atoms with Gasteiger partial charge in [0.2, 0.25) is 0 Å². The van der Waals surface area contributed by atoms with Crippen molar-refractivity contribution in [1.29, 1.82) is 0 Å². The van der Waals surface area contributed by atoms with Crippen LogP contribution in [-0.2, 0) is 4.74 Å². The van der Waals surface area contributed by atoms with E-state index in [-0.39, 0.29) is 12.0 Å². The topological polar surface area (TPSA) is 79.7 Å². The highest BCUT2D eigenvalue weighted by Crippen LogP contribution is 2.14. The van der Waals surface area contributed by atoms with Crippen LogP contribution in [0.3, 0.4) is 0 Å². The van der Waals surface area contributed by atoms with Gasteiger partial charge in [0.1, 0.15) is 5.60 Å². The molecule has 1 aliphatic heterocycles. The molecule has 0 radical (unpaired) electrons. The van der Waals surface area contributed by atoms with Gasteiger partial charge in [0, 0.05) is 44.5 Å². The fourth-order valence-corrected chi connectivity index (χ4v) is 3.58. The van der Waals surface area contributed by atoms with Gasteiger partial charge in [-0.15, -0.1) is 0 Å². The smallest absolute Gasteiger partial charge is 0.410 e. The fourth-order valence-electron chi connectivity index (χ4n) is 3.29. The average molecular weight is 492 g/mol. The molecule has 1 saturated heterocycles. The first-order chi connectivity index (χ1) is 14.7. The summed E-state index contributed by atoms with van der Waals surface area (Å²) in [6.45, 7) is 10.1. The molecule has 8 nitrogen and oxygen atoms in total. The summed E-state index contributed by atoms with van der Waals surface area (Å²) in [7, 11) is 0. The van der Waals surface area contributed by atoms with Gasteiger partial charge in [0.15, 0.2) is 0 Å². The highest BCUT2D eigenvalue weighted by molar-refractivity contribution is 9.10. The first-order valence-corrected chi connectivity index (χ1v) is 11.3. The van der Waals surface area contributed by atoms with Gasteiger partial charge in [-0.3, -0.25) is 9.69 Å². The highest BCUT2D eigenvalue weighted by atomic mass is 79.9. The number of hydrogen-bond donors (Lipinski definition) is 1. The molecule has 0 atom stereocenters. The van der Waals surface area contributed by atoms with Crippen molar-refractivity contribution in [3.63, 3.8) is 0 Å². The number of rotatable bonds is 6. The molecule has 0 spiro atoms. The molecule has 2 amide bonds. The molecule has 9 heteroatoms. The van der Waals surface area contributed by atoms with Crippen LogP contribution < -0.4 is 5.32 Å². The molecule has 2 heterocycles. The van der Waals surface area contributed by atoms with E-state index in [1.165, 1.54) is 0 Å². The number of amides is 2. The van der Waals surface area contributed by atoms with Crippen molar-refractivity contribution in [2.24, 2.45) is 0 Å². The van der Waals surface area contributed by atoms with Crippen molar-refractivity contribution in [1.82, 2.24) is 24.9 Å². The Morgan fingerprint density at radius 3 is 2.39 bits per heavy atom. The molecule has 2 aromatic rings. The Morgan fingerprint density at radius 2 is 1.81 bits per heavy atom. The van der Waals surface area contributed by atoms with E-state index in [9.17, 15) is 9.59 Å². The predicted octanol–water partition coefficient (Wildman–Crippen LogP) is 3.31. The standard InChI is InChI=1S/C22H30BrN5O3/c1-22(2,3)31-21(30)27-13-11-26(12-14-27)10-4-9-24-20(29)17-5-7-19(8-6-17)28-16-18(23)15-25-28/h5-8,15-16H,4,9-14H2,1-3H3,(H,24,29). The van der Waals surface area contributed by atoms with Crippen LogP contribution in [0.25, 0.3) is 5.69 Å². The van der Waals surface area contributed by atoms with Crippen LogP contribution in [0.2, 0.25) is 0 Å².